The fourth-order valence-electron chi connectivity index (χ4n) is 4.39. The highest BCUT2D eigenvalue weighted by atomic mass is 32.2. The summed E-state index contributed by atoms with van der Waals surface area (Å²) in [5, 5.41) is 0.940. The average molecular weight is 501 g/mol. The van der Waals surface area contributed by atoms with E-state index in [0.717, 1.165) is 30.8 Å². The van der Waals surface area contributed by atoms with Gasteiger partial charge in [-0.1, -0.05) is 30.3 Å². The van der Waals surface area contributed by atoms with Crippen LogP contribution in [0.3, 0.4) is 0 Å². The summed E-state index contributed by atoms with van der Waals surface area (Å²) < 4.78 is 21.3. The first kappa shape index (κ1) is 24.1. The van der Waals surface area contributed by atoms with Crippen molar-refractivity contribution in [1.82, 2.24) is 14.8 Å². The fraction of sp³-hybridized carbons (Fsp3) is 0.214. The Morgan fingerprint density at radius 2 is 1.75 bits per heavy atom. The lowest BCUT2D eigenvalue weighted by atomic mass is 10.1. The van der Waals surface area contributed by atoms with Crippen LogP contribution in [0.4, 0.5) is 5.69 Å². The second kappa shape index (κ2) is 11.0. The lowest BCUT2D eigenvalue weighted by Crippen LogP contribution is -2.48. The predicted molar refractivity (Wildman–Crippen MR) is 142 cm³/mol. The highest BCUT2D eigenvalue weighted by Gasteiger charge is 2.23. The molecule has 1 aliphatic heterocycles. The molecule has 1 atom stereocenters. The van der Waals surface area contributed by atoms with Crippen molar-refractivity contribution >= 4 is 33.9 Å². The van der Waals surface area contributed by atoms with Gasteiger partial charge in [0.1, 0.15) is 22.6 Å². The van der Waals surface area contributed by atoms with E-state index in [1.54, 1.807) is 37.6 Å². The van der Waals surface area contributed by atoms with E-state index in [1.165, 1.54) is 5.56 Å². The van der Waals surface area contributed by atoms with E-state index >= 15 is 0 Å². The molecule has 4 aromatic rings. The molecule has 2 heterocycles. The molecule has 0 radical (unpaired) electrons. The number of hydrogen-bond acceptors (Lipinski definition) is 6. The van der Waals surface area contributed by atoms with Gasteiger partial charge in [-0.25, -0.2) is 4.72 Å². The van der Waals surface area contributed by atoms with Crippen LogP contribution in [-0.4, -0.2) is 58.5 Å². The molecular formula is C28H28N4O3S. The summed E-state index contributed by atoms with van der Waals surface area (Å²) in [7, 11) is 1.67. The number of pyridine rings is 1. The Morgan fingerprint density at radius 1 is 1.00 bits per heavy atom. The maximum absolute atomic E-state index is 13.1. The van der Waals surface area contributed by atoms with Crippen molar-refractivity contribution in [2.45, 2.75) is 11.4 Å². The zero-order chi connectivity index (χ0) is 24.9. The maximum Gasteiger partial charge on any atom is 0.253 e. The van der Waals surface area contributed by atoms with Crippen LogP contribution in [0.15, 0.2) is 90.0 Å². The first-order valence-corrected chi connectivity index (χ1v) is 13.0. The van der Waals surface area contributed by atoms with Crippen molar-refractivity contribution in [3.05, 3.63) is 96.2 Å². The average Bonchev–Trinajstić information content (AvgIpc) is 2.93. The highest BCUT2D eigenvalue weighted by molar-refractivity contribution is 7.93. The number of anilines is 1. The third-order valence-electron chi connectivity index (χ3n) is 6.34. The normalized spacial score (nSPS) is 15.0. The molecule has 1 amide bonds. The number of carbonyl (C=O) groups is 1. The van der Waals surface area contributed by atoms with Gasteiger partial charge in [-0.15, -0.1) is 0 Å². The van der Waals surface area contributed by atoms with Crippen molar-refractivity contribution in [3.8, 4) is 5.75 Å². The van der Waals surface area contributed by atoms with E-state index in [1.807, 2.05) is 47.4 Å². The predicted octanol–water partition coefficient (Wildman–Crippen LogP) is 4.34. The quantitative estimate of drug-likeness (QED) is 0.381. The van der Waals surface area contributed by atoms with Crippen LogP contribution in [0, 0.1) is 0 Å². The molecule has 1 aliphatic rings. The van der Waals surface area contributed by atoms with Gasteiger partial charge in [0, 0.05) is 49.9 Å². The molecule has 1 unspecified atom stereocenters. The van der Waals surface area contributed by atoms with Gasteiger partial charge in [0.05, 0.1) is 12.8 Å². The van der Waals surface area contributed by atoms with E-state index in [-0.39, 0.29) is 5.91 Å². The van der Waals surface area contributed by atoms with Gasteiger partial charge in [0.15, 0.2) is 0 Å². The van der Waals surface area contributed by atoms with Gasteiger partial charge in [-0.3, -0.25) is 14.7 Å². The van der Waals surface area contributed by atoms with E-state index in [2.05, 4.69) is 26.7 Å². The Kier molecular flexibility index (Phi) is 7.36. The molecule has 0 saturated carbocycles. The van der Waals surface area contributed by atoms with E-state index in [4.69, 9.17) is 4.74 Å². The standard InChI is InChI=1S/C28H28N4O3S/c1-35-25-8-2-5-21(19-25)20-31-15-17-32(18-16-31)28(33)23-10-12-24(13-11-23)30-36(34)26-9-3-6-22-7-4-14-29-27(22)26/h2-14,19,30H,15-18,20H2,1H3. The Bertz CT molecular complexity index is 1330. The fourth-order valence-corrected chi connectivity index (χ4v) is 5.40. The third-order valence-corrected chi connectivity index (χ3v) is 7.49. The number of amides is 1. The SMILES string of the molecule is COc1cccc(CN2CCN(C(=O)c3ccc(N[S+]([O-])c4cccc5cccnc45)cc3)CC2)c1. The summed E-state index contributed by atoms with van der Waals surface area (Å²) in [6.07, 6.45) is 1.70. The van der Waals surface area contributed by atoms with Gasteiger partial charge in [-0.05, 0) is 54.1 Å². The molecule has 0 aliphatic carbocycles. The molecule has 0 spiro atoms. The lowest BCUT2D eigenvalue weighted by molar-refractivity contribution is 0.0628. The second-order valence-electron chi connectivity index (χ2n) is 8.70. The van der Waals surface area contributed by atoms with Crippen molar-refractivity contribution in [1.29, 1.82) is 0 Å². The van der Waals surface area contributed by atoms with Crippen LogP contribution in [-0.2, 0) is 17.9 Å². The first-order chi connectivity index (χ1) is 17.6. The Balaban J connectivity index is 1.17. The van der Waals surface area contributed by atoms with Crippen LogP contribution in [0.2, 0.25) is 0 Å². The molecule has 0 bridgehead atoms. The zero-order valence-electron chi connectivity index (χ0n) is 20.1. The number of aromatic nitrogens is 1. The molecule has 3 aromatic carbocycles. The number of nitrogens with zero attached hydrogens (tertiary/aromatic N) is 3. The van der Waals surface area contributed by atoms with E-state index in [9.17, 15) is 9.35 Å². The molecule has 1 fully saturated rings. The summed E-state index contributed by atoms with van der Waals surface area (Å²) in [5.74, 6) is 0.874. The summed E-state index contributed by atoms with van der Waals surface area (Å²) in [4.78, 5) is 22.3. The summed E-state index contributed by atoms with van der Waals surface area (Å²) in [6.45, 7) is 3.84. The van der Waals surface area contributed by atoms with Crippen molar-refractivity contribution < 1.29 is 14.1 Å². The molecule has 5 rings (SSSR count). The monoisotopic (exact) mass is 500 g/mol. The van der Waals surface area contributed by atoms with Gasteiger partial charge in [0.2, 0.25) is 4.90 Å². The molecule has 8 heteroatoms. The van der Waals surface area contributed by atoms with Crippen LogP contribution >= 0.6 is 0 Å². The molecule has 1 N–H and O–H groups in total. The van der Waals surface area contributed by atoms with Gasteiger partial charge in [0.25, 0.3) is 5.91 Å². The molecule has 1 aromatic heterocycles. The molecule has 1 saturated heterocycles. The zero-order valence-corrected chi connectivity index (χ0v) is 20.9. The minimum absolute atomic E-state index is 0.0157. The maximum atomic E-state index is 13.1. The molecule has 7 nitrogen and oxygen atoms in total. The number of carbonyl (C=O) groups excluding carboxylic acids is 1. The van der Waals surface area contributed by atoms with E-state index < -0.39 is 11.4 Å². The Hall–Kier alpha value is -3.59. The molecule has 184 valence electrons. The number of benzene rings is 3. The smallest absolute Gasteiger partial charge is 0.253 e. The Labute approximate surface area is 214 Å². The third kappa shape index (κ3) is 5.46. The number of fused-ring (bicyclic) bond motifs is 1. The summed E-state index contributed by atoms with van der Waals surface area (Å²) in [6, 6.07) is 24.7. The van der Waals surface area contributed by atoms with Crippen molar-refractivity contribution in [3.63, 3.8) is 0 Å². The number of hydrogen-bond donors (Lipinski definition) is 1. The van der Waals surface area contributed by atoms with Gasteiger partial charge >= 0.3 is 0 Å². The lowest BCUT2D eigenvalue weighted by Gasteiger charge is -2.34. The summed E-state index contributed by atoms with van der Waals surface area (Å²) in [5.41, 5.74) is 3.22. The van der Waals surface area contributed by atoms with Crippen LogP contribution in [0.25, 0.3) is 10.9 Å². The Morgan fingerprint density at radius 3 is 2.53 bits per heavy atom. The summed E-state index contributed by atoms with van der Waals surface area (Å²) >= 11 is -1.48. The number of nitrogens with one attached hydrogen (secondary N) is 1. The highest BCUT2D eigenvalue weighted by Crippen LogP contribution is 2.24. The molecular weight excluding hydrogens is 472 g/mol. The number of rotatable bonds is 7. The number of para-hydroxylation sites is 1. The number of methoxy groups -OCH3 is 1. The van der Waals surface area contributed by atoms with E-state index in [0.29, 0.717) is 34.8 Å². The van der Waals surface area contributed by atoms with Gasteiger partial charge < -0.3 is 14.2 Å². The van der Waals surface area contributed by atoms with Crippen LogP contribution in [0.1, 0.15) is 15.9 Å². The van der Waals surface area contributed by atoms with Gasteiger partial charge in [-0.2, -0.15) is 0 Å². The van der Waals surface area contributed by atoms with Crippen LogP contribution < -0.4 is 9.46 Å². The van der Waals surface area contributed by atoms with Crippen molar-refractivity contribution in [2.24, 2.45) is 0 Å². The van der Waals surface area contributed by atoms with Crippen LogP contribution in [0.5, 0.6) is 5.75 Å². The topological polar surface area (TPSA) is 80.8 Å². The minimum atomic E-state index is -1.48. The molecule has 36 heavy (non-hydrogen) atoms. The number of ether oxygens (including phenoxy) is 1. The minimum Gasteiger partial charge on any atom is -0.588 e. The van der Waals surface area contributed by atoms with Crippen molar-refractivity contribution in [2.75, 3.05) is 38.0 Å². The second-order valence-corrected chi connectivity index (χ2v) is 9.88. The number of piperazine rings is 1. The first-order valence-electron chi connectivity index (χ1n) is 11.9. The largest absolute Gasteiger partial charge is 0.588 e.